The highest BCUT2D eigenvalue weighted by Crippen LogP contribution is 2.27. The lowest BCUT2D eigenvalue weighted by molar-refractivity contribution is 0.200. The van der Waals surface area contributed by atoms with Crippen LogP contribution in [0.1, 0.15) is 64.6 Å². The normalized spacial score (nSPS) is 16.7. The number of nitrogens with zero attached hydrogens (tertiary/aromatic N) is 2. The molecule has 2 heterocycles. The summed E-state index contributed by atoms with van der Waals surface area (Å²) in [5.74, 6) is 0.252. The van der Waals surface area contributed by atoms with Gasteiger partial charge in [0.25, 0.3) is 0 Å². The Morgan fingerprint density at radius 1 is 1.31 bits per heavy atom. The summed E-state index contributed by atoms with van der Waals surface area (Å²) in [5.41, 5.74) is 3.98. The summed E-state index contributed by atoms with van der Waals surface area (Å²) >= 11 is 0. The number of rotatable bonds is 4. The number of pyridine rings is 1. The molecule has 1 aromatic heterocycles. The standard InChI is InChI=1S/C19H24FN3O.C2H6/c1-3-4-13(2)14-5-7-17(8-6-14)22-19(24)23-11-15-9-16(20)10-21-18(15)12-23;1-2/h5,7,9-10,13H,3-4,6,8,11-12H2,1-2H3,(H,22,24);1-2H3. The van der Waals surface area contributed by atoms with Crippen LogP contribution in [-0.4, -0.2) is 15.9 Å². The summed E-state index contributed by atoms with van der Waals surface area (Å²) in [6, 6.07) is 1.32. The summed E-state index contributed by atoms with van der Waals surface area (Å²) < 4.78 is 13.2. The first-order valence-corrected chi connectivity index (χ1v) is 9.65. The summed E-state index contributed by atoms with van der Waals surface area (Å²) in [6.07, 6.45) is 9.62. The van der Waals surface area contributed by atoms with Crippen LogP contribution < -0.4 is 5.32 Å². The van der Waals surface area contributed by atoms with Crippen LogP contribution in [0.15, 0.2) is 35.7 Å². The monoisotopic (exact) mass is 359 g/mol. The van der Waals surface area contributed by atoms with E-state index < -0.39 is 0 Å². The average Bonchev–Trinajstić information content (AvgIpc) is 3.07. The smallest absolute Gasteiger partial charge is 0.314 e. The molecule has 3 rings (SSSR count). The van der Waals surface area contributed by atoms with Gasteiger partial charge in [0.05, 0.1) is 18.4 Å². The fourth-order valence-electron chi connectivity index (χ4n) is 3.38. The van der Waals surface area contributed by atoms with Gasteiger partial charge in [-0.25, -0.2) is 9.18 Å². The molecule has 2 amide bonds. The molecule has 0 aromatic carbocycles. The van der Waals surface area contributed by atoms with E-state index in [2.05, 4.69) is 30.2 Å². The maximum Gasteiger partial charge on any atom is 0.322 e. The summed E-state index contributed by atoms with van der Waals surface area (Å²) in [5, 5.41) is 2.98. The Morgan fingerprint density at radius 2 is 2.08 bits per heavy atom. The molecule has 4 nitrogen and oxygen atoms in total. The molecule has 5 heteroatoms. The fraction of sp³-hybridized carbons (Fsp3) is 0.524. The number of aromatic nitrogens is 1. The Bertz CT molecular complexity index is 696. The van der Waals surface area contributed by atoms with Gasteiger partial charge in [-0.2, -0.15) is 0 Å². The van der Waals surface area contributed by atoms with Crippen LogP contribution in [-0.2, 0) is 13.1 Å². The van der Waals surface area contributed by atoms with Crippen LogP contribution in [0.5, 0.6) is 0 Å². The number of allylic oxidation sites excluding steroid dienone is 4. The third-order valence-electron chi connectivity index (χ3n) is 4.82. The lowest BCUT2D eigenvalue weighted by atomic mass is 9.89. The van der Waals surface area contributed by atoms with E-state index in [0.29, 0.717) is 19.0 Å². The van der Waals surface area contributed by atoms with E-state index in [0.717, 1.165) is 29.8 Å². The Labute approximate surface area is 156 Å². The van der Waals surface area contributed by atoms with E-state index in [-0.39, 0.29) is 11.8 Å². The van der Waals surface area contributed by atoms with E-state index >= 15 is 0 Å². The SMILES string of the molecule is CC.CCCC(C)C1=CC=C(NC(=O)N2Cc3cc(F)cnc3C2)CC1. The second-order valence-electron chi connectivity index (χ2n) is 6.67. The molecule has 1 atom stereocenters. The van der Waals surface area contributed by atoms with Crippen molar-refractivity contribution in [2.45, 2.75) is 66.5 Å². The van der Waals surface area contributed by atoms with Gasteiger partial charge in [0.15, 0.2) is 0 Å². The molecule has 142 valence electrons. The molecule has 1 aliphatic heterocycles. The third kappa shape index (κ3) is 4.93. The van der Waals surface area contributed by atoms with Crippen molar-refractivity contribution >= 4 is 6.03 Å². The van der Waals surface area contributed by atoms with E-state index in [4.69, 9.17) is 0 Å². The highest BCUT2D eigenvalue weighted by Gasteiger charge is 2.25. The van der Waals surface area contributed by atoms with Crippen LogP contribution >= 0.6 is 0 Å². The van der Waals surface area contributed by atoms with E-state index in [1.54, 1.807) is 4.90 Å². The predicted molar refractivity (Wildman–Crippen MR) is 103 cm³/mol. The van der Waals surface area contributed by atoms with Crippen molar-refractivity contribution in [3.05, 3.63) is 52.8 Å². The van der Waals surface area contributed by atoms with Crippen molar-refractivity contribution in [1.29, 1.82) is 0 Å². The minimum Gasteiger partial charge on any atom is -0.314 e. The first kappa shape index (κ1) is 20.1. The Hall–Kier alpha value is -2.17. The highest BCUT2D eigenvalue weighted by molar-refractivity contribution is 5.77. The lowest BCUT2D eigenvalue weighted by Gasteiger charge is -2.22. The number of hydrogen-bond donors (Lipinski definition) is 1. The van der Waals surface area contributed by atoms with Crippen LogP contribution in [0.2, 0.25) is 0 Å². The van der Waals surface area contributed by atoms with Gasteiger partial charge in [-0.3, -0.25) is 4.98 Å². The Balaban J connectivity index is 0.00000117. The van der Waals surface area contributed by atoms with Crippen LogP contribution in [0, 0.1) is 11.7 Å². The van der Waals surface area contributed by atoms with Gasteiger partial charge in [-0.1, -0.05) is 45.8 Å². The molecule has 0 radical (unpaired) electrons. The number of urea groups is 1. The molecule has 0 saturated heterocycles. The molecule has 1 unspecified atom stereocenters. The molecule has 26 heavy (non-hydrogen) atoms. The summed E-state index contributed by atoms with van der Waals surface area (Å²) in [7, 11) is 0. The zero-order valence-electron chi connectivity index (χ0n) is 16.3. The molecule has 1 N–H and O–H groups in total. The number of carbonyl (C=O) groups is 1. The quantitative estimate of drug-likeness (QED) is 0.791. The first-order valence-electron chi connectivity index (χ1n) is 9.65. The molecule has 0 spiro atoms. The van der Waals surface area contributed by atoms with Gasteiger partial charge in [-0.15, -0.1) is 0 Å². The van der Waals surface area contributed by atoms with Gasteiger partial charge in [0.1, 0.15) is 5.82 Å². The number of halogens is 1. The first-order chi connectivity index (χ1) is 12.6. The van der Waals surface area contributed by atoms with Crippen molar-refractivity contribution < 1.29 is 9.18 Å². The number of carbonyl (C=O) groups excluding carboxylic acids is 1. The maximum absolute atomic E-state index is 13.2. The molecule has 0 bridgehead atoms. The Kier molecular flexibility index (Phi) is 7.37. The number of amides is 2. The largest absolute Gasteiger partial charge is 0.322 e. The fourth-order valence-corrected chi connectivity index (χ4v) is 3.38. The van der Waals surface area contributed by atoms with E-state index in [1.807, 2.05) is 19.9 Å². The minimum atomic E-state index is -0.357. The van der Waals surface area contributed by atoms with Gasteiger partial charge < -0.3 is 10.2 Å². The van der Waals surface area contributed by atoms with Crippen molar-refractivity contribution in [3.63, 3.8) is 0 Å². The van der Waals surface area contributed by atoms with Gasteiger partial charge in [0.2, 0.25) is 0 Å². The van der Waals surface area contributed by atoms with Crippen LogP contribution in [0.4, 0.5) is 9.18 Å². The molecule has 0 fully saturated rings. The zero-order valence-corrected chi connectivity index (χ0v) is 16.3. The van der Waals surface area contributed by atoms with Gasteiger partial charge in [0, 0.05) is 12.2 Å². The van der Waals surface area contributed by atoms with Crippen molar-refractivity contribution in [2.75, 3.05) is 0 Å². The topological polar surface area (TPSA) is 45.2 Å². The predicted octanol–water partition coefficient (Wildman–Crippen LogP) is 5.31. The van der Waals surface area contributed by atoms with Crippen molar-refractivity contribution in [3.8, 4) is 0 Å². The zero-order chi connectivity index (χ0) is 19.1. The van der Waals surface area contributed by atoms with Gasteiger partial charge >= 0.3 is 6.03 Å². The number of hydrogen-bond acceptors (Lipinski definition) is 2. The molecular weight excluding hydrogens is 329 g/mol. The molecule has 2 aliphatic rings. The maximum atomic E-state index is 13.2. The second kappa shape index (κ2) is 9.51. The lowest BCUT2D eigenvalue weighted by Crippen LogP contribution is -2.36. The van der Waals surface area contributed by atoms with Crippen molar-refractivity contribution in [2.24, 2.45) is 5.92 Å². The number of nitrogens with one attached hydrogen (secondary N) is 1. The average molecular weight is 359 g/mol. The molecule has 0 saturated carbocycles. The van der Waals surface area contributed by atoms with Gasteiger partial charge in [-0.05, 0) is 42.9 Å². The summed E-state index contributed by atoms with van der Waals surface area (Å²) in [6.45, 7) is 9.31. The summed E-state index contributed by atoms with van der Waals surface area (Å²) in [4.78, 5) is 18.1. The van der Waals surface area contributed by atoms with Crippen molar-refractivity contribution in [1.82, 2.24) is 15.2 Å². The van der Waals surface area contributed by atoms with E-state index in [9.17, 15) is 9.18 Å². The molecule has 1 aromatic rings. The third-order valence-corrected chi connectivity index (χ3v) is 4.82. The minimum absolute atomic E-state index is 0.141. The number of fused-ring (bicyclic) bond motifs is 1. The Morgan fingerprint density at radius 3 is 2.73 bits per heavy atom. The second-order valence-corrected chi connectivity index (χ2v) is 6.67. The molecule has 1 aliphatic carbocycles. The van der Waals surface area contributed by atoms with E-state index in [1.165, 1.54) is 30.7 Å². The highest BCUT2D eigenvalue weighted by atomic mass is 19.1. The molecular formula is C21H30FN3O. The van der Waals surface area contributed by atoms with Crippen LogP contribution in [0.3, 0.4) is 0 Å². The van der Waals surface area contributed by atoms with Crippen LogP contribution in [0.25, 0.3) is 0 Å².